The van der Waals surface area contributed by atoms with Crippen LogP contribution in [0.2, 0.25) is 0 Å². The average molecular weight is 271 g/mol. The molecule has 0 saturated carbocycles. The fourth-order valence-electron chi connectivity index (χ4n) is 1.87. The quantitative estimate of drug-likeness (QED) is 0.868. The maximum Gasteiger partial charge on any atom is 0.122 e. The lowest BCUT2D eigenvalue weighted by Crippen LogP contribution is -2.14. The van der Waals surface area contributed by atoms with E-state index in [0.717, 1.165) is 17.8 Å². The summed E-state index contributed by atoms with van der Waals surface area (Å²) < 4.78 is 0. The molecule has 3 nitrogen and oxygen atoms in total. The number of nitrogens with zero attached hydrogens (tertiary/aromatic N) is 2. The Morgan fingerprint density at radius 3 is 2.47 bits per heavy atom. The van der Waals surface area contributed by atoms with Crippen LogP contribution in [0.25, 0.3) is 0 Å². The number of benzene rings is 1. The Bertz CT molecular complexity index is 578. The second kappa shape index (κ2) is 5.80. The van der Waals surface area contributed by atoms with Crippen molar-refractivity contribution in [3.05, 3.63) is 53.9 Å². The molecule has 0 fully saturated rings. The summed E-state index contributed by atoms with van der Waals surface area (Å²) in [4.78, 5) is 6.55. The molecule has 0 amide bonds. The van der Waals surface area contributed by atoms with E-state index in [1.54, 1.807) is 6.20 Å². The second-order valence-corrected chi connectivity index (χ2v) is 4.78. The SMILES string of the molecule is CCc1ccc(N(C)c2ccnc(C(N)=S)c2)cc1. The molecular formula is C15H17N3S. The molecule has 0 unspecified atom stereocenters. The van der Waals surface area contributed by atoms with Crippen LogP contribution >= 0.6 is 12.2 Å². The molecule has 0 radical (unpaired) electrons. The Labute approximate surface area is 119 Å². The normalized spacial score (nSPS) is 10.2. The van der Waals surface area contributed by atoms with Crippen LogP contribution < -0.4 is 10.6 Å². The smallest absolute Gasteiger partial charge is 0.122 e. The van der Waals surface area contributed by atoms with E-state index in [1.807, 2.05) is 19.2 Å². The number of hydrogen-bond acceptors (Lipinski definition) is 3. The predicted molar refractivity (Wildman–Crippen MR) is 84.0 cm³/mol. The van der Waals surface area contributed by atoms with Crippen molar-refractivity contribution in [1.29, 1.82) is 0 Å². The number of aromatic nitrogens is 1. The predicted octanol–water partition coefficient (Wildman–Crippen LogP) is 3.05. The van der Waals surface area contributed by atoms with Gasteiger partial charge in [-0.3, -0.25) is 4.98 Å². The van der Waals surface area contributed by atoms with Crippen molar-refractivity contribution in [2.45, 2.75) is 13.3 Å². The van der Waals surface area contributed by atoms with Gasteiger partial charge in [-0.05, 0) is 36.2 Å². The molecule has 0 atom stereocenters. The number of thiocarbonyl (C=S) groups is 1. The van der Waals surface area contributed by atoms with Gasteiger partial charge >= 0.3 is 0 Å². The third-order valence-electron chi connectivity index (χ3n) is 3.12. The lowest BCUT2D eigenvalue weighted by molar-refractivity contribution is 1.13. The molecule has 0 bridgehead atoms. The topological polar surface area (TPSA) is 42.2 Å². The number of aryl methyl sites for hydroxylation is 1. The molecule has 0 aliphatic rings. The first kappa shape index (κ1) is 13.5. The van der Waals surface area contributed by atoms with Gasteiger partial charge in [0, 0.05) is 24.6 Å². The minimum absolute atomic E-state index is 0.316. The summed E-state index contributed by atoms with van der Waals surface area (Å²) >= 11 is 4.95. The molecule has 0 aliphatic carbocycles. The zero-order chi connectivity index (χ0) is 13.8. The molecule has 4 heteroatoms. The lowest BCUT2D eigenvalue weighted by atomic mass is 10.1. The van der Waals surface area contributed by atoms with Crippen molar-refractivity contribution in [2.24, 2.45) is 5.73 Å². The minimum Gasteiger partial charge on any atom is -0.388 e. The lowest BCUT2D eigenvalue weighted by Gasteiger charge is -2.20. The number of hydrogen-bond donors (Lipinski definition) is 1. The van der Waals surface area contributed by atoms with Crippen LogP contribution in [0, 0.1) is 0 Å². The second-order valence-electron chi connectivity index (χ2n) is 4.34. The summed E-state index contributed by atoms with van der Waals surface area (Å²) in [6, 6.07) is 12.3. The van der Waals surface area contributed by atoms with E-state index in [9.17, 15) is 0 Å². The number of nitrogens with two attached hydrogens (primary N) is 1. The van der Waals surface area contributed by atoms with Gasteiger partial charge in [0.2, 0.25) is 0 Å². The first-order chi connectivity index (χ1) is 9.11. The van der Waals surface area contributed by atoms with Crippen LogP contribution in [-0.2, 0) is 6.42 Å². The van der Waals surface area contributed by atoms with Gasteiger partial charge in [0.1, 0.15) is 4.99 Å². The highest BCUT2D eigenvalue weighted by Crippen LogP contribution is 2.23. The monoisotopic (exact) mass is 271 g/mol. The average Bonchev–Trinajstić information content (AvgIpc) is 2.46. The van der Waals surface area contributed by atoms with Gasteiger partial charge in [-0.1, -0.05) is 31.3 Å². The van der Waals surface area contributed by atoms with Gasteiger partial charge < -0.3 is 10.6 Å². The summed E-state index contributed by atoms with van der Waals surface area (Å²) in [7, 11) is 2.01. The molecule has 1 aromatic carbocycles. The highest BCUT2D eigenvalue weighted by Gasteiger charge is 2.06. The zero-order valence-corrected chi connectivity index (χ0v) is 11.9. The maximum atomic E-state index is 5.61. The fraction of sp³-hybridized carbons (Fsp3) is 0.200. The summed E-state index contributed by atoms with van der Waals surface area (Å²) in [6.07, 6.45) is 2.77. The summed E-state index contributed by atoms with van der Waals surface area (Å²) in [5.41, 5.74) is 9.72. The molecule has 19 heavy (non-hydrogen) atoms. The molecule has 0 spiro atoms. The van der Waals surface area contributed by atoms with Gasteiger partial charge in [-0.15, -0.1) is 0 Å². The molecule has 2 N–H and O–H groups in total. The molecule has 2 rings (SSSR count). The van der Waals surface area contributed by atoms with E-state index >= 15 is 0 Å². The Morgan fingerprint density at radius 2 is 1.89 bits per heavy atom. The van der Waals surface area contributed by atoms with E-state index in [1.165, 1.54) is 5.56 Å². The van der Waals surface area contributed by atoms with Gasteiger partial charge in [-0.2, -0.15) is 0 Å². The molecular weight excluding hydrogens is 254 g/mol. The zero-order valence-electron chi connectivity index (χ0n) is 11.1. The van der Waals surface area contributed by atoms with Gasteiger partial charge in [-0.25, -0.2) is 0 Å². The molecule has 1 heterocycles. The third kappa shape index (κ3) is 3.09. The Balaban J connectivity index is 2.29. The van der Waals surface area contributed by atoms with Crippen molar-refractivity contribution in [2.75, 3.05) is 11.9 Å². The van der Waals surface area contributed by atoms with E-state index in [0.29, 0.717) is 10.7 Å². The minimum atomic E-state index is 0.316. The highest BCUT2D eigenvalue weighted by atomic mass is 32.1. The Kier molecular flexibility index (Phi) is 4.12. The van der Waals surface area contributed by atoms with Crippen LogP contribution in [0.1, 0.15) is 18.2 Å². The van der Waals surface area contributed by atoms with Gasteiger partial charge in [0.15, 0.2) is 0 Å². The van der Waals surface area contributed by atoms with Crippen LogP contribution in [0.15, 0.2) is 42.6 Å². The van der Waals surface area contributed by atoms with Crippen LogP contribution in [-0.4, -0.2) is 17.0 Å². The van der Waals surface area contributed by atoms with Crippen LogP contribution in [0.3, 0.4) is 0 Å². The summed E-state index contributed by atoms with van der Waals surface area (Å²) in [5.74, 6) is 0. The van der Waals surface area contributed by atoms with E-state index < -0.39 is 0 Å². The molecule has 1 aromatic heterocycles. The van der Waals surface area contributed by atoms with Crippen LogP contribution in [0.4, 0.5) is 11.4 Å². The van der Waals surface area contributed by atoms with Crippen molar-refractivity contribution >= 4 is 28.6 Å². The summed E-state index contributed by atoms with van der Waals surface area (Å²) in [6.45, 7) is 2.15. The Morgan fingerprint density at radius 1 is 1.21 bits per heavy atom. The highest BCUT2D eigenvalue weighted by molar-refractivity contribution is 7.80. The Hall–Kier alpha value is -1.94. The van der Waals surface area contributed by atoms with E-state index in [4.69, 9.17) is 18.0 Å². The maximum absolute atomic E-state index is 5.61. The van der Waals surface area contributed by atoms with Gasteiger partial charge in [0.05, 0.1) is 5.69 Å². The van der Waals surface area contributed by atoms with Crippen LogP contribution in [0.5, 0.6) is 0 Å². The van der Waals surface area contributed by atoms with Crippen molar-refractivity contribution in [1.82, 2.24) is 4.98 Å². The first-order valence-corrected chi connectivity index (χ1v) is 6.61. The number of rotatable bonds is 4. The number of pyridine rings is 1. The van der Waals surface area contributed by atoms with Crippen molar-refractivity contribution in [3.63, 3.8) is 0 Å². The van der Waals surface area contributed by atoms with Crippen molar-refractivity contribution < 1.29 is 0 Å². The summed E-state index contributed by atoms with van der Waals surface area (Å²) in [5, 5.41) is 0. The van der Waals surface area contributed by atoms with E-state index in [-0.39, 0.29) is 0 Å². The largest absolute Gasteiger partial charge is 0.388 e. The first-order valence-electron chi connectivity index (χ1n) is 6.20. The van der Waals surface area contributed by atoms with Crippen molar-refractivity contribution in [3.8, 4) is 0 Å². The molecule has 0 saturated heterocycles. The molecule has 2 aromatic rings. The standard InChI is InChI=1S/C15H17N3S/c1-3-11-4-6-12(7-5-11)18(2)13-8-9-17-14(10-13)15(16)19/h4-10H,3H2,1-2H3,(H2,16,19). The van der Waals surface area contributed by atoms with E-state index in [2.05, 4.69) is 41.1 Å². The van der Waals surface area contributed by atoms with Gasteiger partial charge in [0.25, 0.3) is 0 Å². The number of anilines is 2. The third-order valence-corrected chi connectivity index (χ3v) is 3.32. The fourth-order valence-corrected chi connectivity index (χ4v) is 1.98. The molecule has 0 aliphatic heterocycles. The molecule has 98 valence electrons.